The Hall–Kier alpha value is -2.12. The van der Waals surface area contributed by atoms with E-state index in [1.807, 2.05) is 0 Å². The minimum atomic E-state index is -3.92. The summed E-state index contributed by atoms with van der Waals surface area (Å²) in [7, 11) is -3.92. The fraction of sp³-hybridized carbons (Fsp3) is 0. The van der Waals surface area contributed by atoms with Gasteiger partial charge in [0.25, 0.3) is 5.56 Å². The van der Waals surface area contributed by atoms with Gasteiger partial charge in [-0.1, -0.05) is 29.8 Å². The molecule has 0 aliphatic carbocycles. The summed E-state index contributed by atoms with van der Waals surface area (Å²) in [5.74, 6) is 0. The second-order valence-corrected chi connectivity index (χ2v) is 6.29. The Morgan fingerprint density at radius 2 is 1.85 bits per heavy atom. The van der Waals surface area contributed by atoms with E-state index in [1.54, 1.807) is 24.3 Å². The molecule has 1 aromatic carbocycles. The smallest absolute Gasteiger partial charge is 0.264 e. The number of aromatic amines is 2. The standard InChI is InChI=1S/C12H8ClN3O3S/c13-11-7-3-1-2-4-8(7)14-12(11)20(18,19)10-6-5-9(17)15-16-10/h1-6,14H,(H,15,17). The van der Waals surface area contributed by atoms with Crippen LogP contribution < -0.4 is 5.56 Å². The summed E-state index contributed by atoms with van der Waals surface area (Å²) in [6.45, 7) is 0. The van der Waals surface area contributed by atoms with Gasteiger partial charge in [0.2, 0.25) is 9.84 Å². The Kier molecular flexibility index (Phi) is 2.88. The molecule has 0 atom stereocenters. The van der Waals surface area contributed by atoms with Gasteiger partial charge in [-0.25, -0.2) is 13.5 Å². The maximum absolute atomic E-state index is 12.4. The first kappa shape index (κ1) is 12.9. The number of nitrogens with one attached hydrogen (secondary N) is 2. The molecule has 0 radical (unpaired) electrons. The molecule has 0 unspecified atom stereocenters. The first-order valence-corrected chi connectivity index (χ1v) is 7.43. The van der Waals surface area contributed by atoms with E-state index in [2.05, 4.69) is 15.2 Å². The van der Waals surface area contributed by atoms with Crippen molar-refractivity contribution in [2.75, 3.05) is 0 Å². The van der Waals surface area contributed by atoms with Crippen LogP contribution in [0.4, 0.5) is 0 Å². The van der Waals surface area contributed by atoms with Crippen LogP contribution in [0.5, 0.6) is 0 Å². The minimum Gasteiger partial charge on any atom is -0.344 e. The summed E-state index contributed by atoms with van der Waals surface area (Å²) in [4.78, 5) is 13.7. The Morgan fingerprint density at radius 3 is 2.50 bits per heavy atom. The maximum Gasteiger partial charge on any atom is 0.264 e. The van der Waals surface area contributed by atoms with Crippen LogP contribution in [0.25, 0.3) is 10.9 Å². The van der Waals surface area contributed by atoms with Crippen molar-refractivity contribution in [1.82, 2.24) is 15.2 Å². The van der Waals surface area contributed by atoms with Gasteiger partial charge >= 0.3 is 0 Å². The highest BCUT2D eigenvalue weighted by Gasteiger charge is 2.26. The van der Waals surface area contributed by atoms with Gasteiger partial charge in [0.05, 0.1) is 5.02 Å². The normalized spacial score (nSPS) is 11.8. The highest BCUT2D eigenvalue weighted by Crippen LogP contribution is 2.32. The van der Waals surface area contributed by atoms with Gasteiger partial charge in [-0.3, -0.25) is 4.79 Å². The largest absolute Gasteiger partial charge is 0.344 e. The van der Waals surface area contributed by atoms with Crippen molar-refractivity contribution in [1.29, 1.82) is 0 Å². The lowest BCUT2D eigenvalue weighted by Crippen LogP contribution is -2.12. The number of H-pyrrole nitrogens is 2. The number of benzene rings is 1. The van der Waals surface area contributed by atoms with Crippen molar-refractivity contribution in [3.63, 3.8) is 0 Å². The Morgan fingerprint density at radius 1 is 1.10 bits per heavy atom. The molecule has 0 amide bonds. The SMILES string of the molecule is O=c1ccc(S(=O)(=O)c2[nH]c3ccccc3c2Cl)n[nH]1. The quantitative estimate of drug-likeness (QED) is 0.753. The van der Waals surface area contributed by atoms with Crippen molar-refractivity contribution < 1.29 is 8.42 Å². The number of sulfone groups is 1. The molecule has 20 heavy (non-hydrogen) atoms. The molecule has 2 aromatic heterocycles. The first-order valence-electron chi connectivity index (χ1n) is 5.57. The zero-order valence-electron chi connectivity index (χ0n) is 9.92. The van der Waals surface area contributed by atoms with E-state index in [0.717, 1.165) is 12.1 Å². The predicted molar refractivity (Wildman–Crippen MR) is 73.6 cm³/mol. The van der Waals surface area contributed by atoms with E-state index in [-0.39, 0.29) is 15.1 Å². The molecule has 0 fully saturated rings. The van der Waals surface area contributed by atoms with Crippen LogP contribution in [-0.2, 0) is 9.84 Å². The number of rotatable bonds is 2. The summed E-state index contributed by atoms with van der Waals surface area (Å²) < 4.78 is 24.9. The molecule has 8 heteroatoms. The molecule has 0 saturated heterocycles. The van der Waals surface area contributed by atoms with Crippen LogP contribution >= 0.6 is 11.6 Å². The van der Waals surface area contributed by atoms with Crippen molar-refractivity contribution in [2.45, 2.75) is 10.1 Å². The third-order valence-electron chi connectivity index (χ3n) is 2.81. The van der Waals surface area contributed by atoms with E-state index in [1.165, 1.54) is 0 Å². The Bertz CT molecular complexity index is 939. The lowest BCUT2D eigenvalue weighted by Gasteiger charge is -2.00. The fourth-order valence-electron chi connectivity index (χ4n) is 1.85. The molecule has 6 nitrogen and oxygen atoms in total. The van der Waals surface area contributed by atoms with Gasteiger partial charge in [0.15, 0.2) is 10.1 Å². The molecule has 0 bridgehead atoms. The molecular weight excluding hydrogens is 302 g/mol. The zero-order chi connectivity index (χ0) is 14.3. The zero-order valence-corrected chi connectivity index (χ0v) is 11.5. The molecule has 3 aromatic rings. The highest BCUT2D eigenvalue weighted by atomic mass is 35.5. The van der Waals surface area contributed by atoms with Crippen LogP contribution in [0.1, 0.15) is 0 Å². The number of halogens is 1. The van der Waals surface area contributed by atoms with Crippen molar-refractivity contribution in [2.24, 2.45) is 0 Å². The van der Waals surface area contributed by atoms with E-state index < -0.39 is 15.4 Å². The van der Waals surface area contributed by atoms with Crippen molar-refractivity contribution in [3.8, 4) is 0 Å². The van der Waals surface area contributed by atoms with E-state index >= 15 is 0 Å². The highest BCUT2D eigenvalue weighted by molar-refractivity contribution is 7.91. The van der Waals surface area contributed by atoms with Crippen molar-refractivity contribution in [3.05, 3.63) is 51.8 Å². The van der Waals surface area contributed by atoms with Crippen LogP contribution in [0, 0.1) is 0 Å². The summed E-state index contributed by atoms with van der Waals surface area (Å²) >= 11 is 6.11. The van der Waals surface area contributed by atoms with Crippen molar-refractivity contribution >= 4 is 32.3 Å². The number of para-hydroxylation sites is 1. The van der Waals surface area contributed by atoms with E-state index in [0.29, 0.717) is 10.9 Å². The summed E-state index contributed by atoms with van der Waals surface area (Å²) in [5, 5.41) is 5.92. The first-order chi connectivity index (χ1) is 9.50. The van der Waals surface area contributed by atoms with Crippen LogP contribution in [0.2, 0.25) is 5.02 Å². The molecule has 2 N–H and O–H groups in total. The monoisotopic (exact) mass is 309 g/mol. The number of hydrogen-bond donors (Lipinski definition) is 2. The van der Waals surface area contributed by atoms with E-state index in [9.17, 15) is 13.2 Å². The number of aromatic nitrogens is 3. The van der Waals surface area contributed by atoms with Crippen LogP contribution in [-0.4, -0.2) is 23.6 Å². The lowest BCUT2D eigenvalue weighted by molar-refractivity contribution is 0.587. The predicted octanol–water partition coefficient (Wildman–Crippen LogP) is 1.74. The third-order valence-corrected chi connectivity index (χ3v) is 4.94. The molecule has 0 aliphatic rings. The molecule has 0 aliphatic heterocycles. The minimum absolute atomic E-state index is 0.105. The fourth-order valence-corrected chi connectivity index (χ4v) is 3.58. The van der Waals surface area contributed by atoms with Gasteiger partial charge in [-0.15, -0.1) is 0 Å². The third kappa shape index (κ3) is 1.91. The number of fused-ring (bicyclic) bond motifs is 1. The molecular formula is C12H8ClN3O3S. The van der Waals surface area contributed by atoms with E-state index in [4.69, 9.17) is 11.6 Å². The van der Waals surface area contributed by atoms with Gasteiger partial charge < -0.3 is 4.98 Å². The summed E-state index contributed by atoms with van der Waals surface area (Å²) in [6, 6.07) is 9.20. The Balaban J connectivity index is 2.26. The van der Waals surface area contributed by atoms with Gasteiger partial charge in [-0.05, 0) is 12.1 Å². The summed E-state index contributed by atoms with van der Waals surface area (Å²) in [5.41, 5.74) is 0.132. The number of hydrogen-bond acceptors (Lipinski definition) is 4. The molecule has 0 saturated carbocycles. The average molecular weight is 310 g/mol. The molecule has 0 spiro atoms. The second kappa shape index (κ2) is 4.46. The second-order valence-electron chi connectivity index (χ2n) is 4.08. The molecule has 102 valence electrons. The van der Waals surface area contributed by atoms with Gasteiger partial charge in [0, 0.05) is 17.0 Å². The Labute approximate surface area is 118 Å². The van der Waals surface area contributed by atoms with Crippen LogP contribution in [0.3, 0.4) is 0 Å². The molecule has 3 rings (SSSR count). The van der Waals surface area contributed by atoms with Crippen LogP contribution in [0.15, 0.2) is 51.2 Å². The van der Waals surface area contributed by atoms with Gasteiger partial charge in [-0.2, -0.15) is 5.10 Å². The number of nitrogens with zero attached hydrogens (tertiary/aromatic N) is 1. The maximum atomic E-state index is 12.4. The summed E-state index contributed by atoms with van der Waals surface area (Å²) in [6.07, 6.45) is 0. The molecule has 2 heterocycles. The topological polar surface area (TPSA) is 95.7 Å². The average Bonchev–Trinajstić information content (AvgIpc) is 2.78. The lowest BCUT2D eigenvalue weighted by atomic mass is 10.2. The van der Waals surface area contributed by atoms with Gasteiger partial charge in [0.1, 0.15) is 0 Å².